The minimum absolute atomic E-state index is 0. The third kappa shape index (κ3) is 4.90. The Morgan fingerprint density at radius 2 is 1.78 bits per heavy atom. The average Bonchev–Trinajstić information content (AvgIpc) is 2.99. The van der Waals surface area contributed by atoms with Crippen LogP contribution in [-0.4, -0.2) is 31.1 Å². The molecule has 23 heavy (non-hydrogen) atoms. The number of halogens is 5. The van der Waals surface area contributed by atoms with E-state index in [4.69, 9.17) is 34.8 Å². The minimum atomic E-state index is 0. The van der Waals surface area contributed by atoms with Crippen molar-refractivity contribution in [3.8, 4) is 0 Å². The van der Waals surface area contributed by atoms with Crippen LogP contribution in [-0.2, 0) is 0 Å². The second-order valence-electron chi connectivity index (χ2n) is 4.99. The Morgan fingerprint density at radius 3 is 2.39 bits per heavy atom. The van der Waals surface area contributed by atoms with Crippen LogP contribution < -0.4 is 5.32 Å². The van der Waals surface area contributed by atoms with E-state index in [1.165, 1.54) is 4.88 Å². The predicted octanol–water partition coefficient (Wildman–Crippen LogP) is 5.55. The van der Waals surface area contributed by atoms with E-state index in [0.717, 1.165) is 31.7 Å². The summed E-state index contributed by atoms with van der Waals surface area (Å²) < 4.78 is 0. The SMILES string of the molecule is Cl.Cl.Clc1cc(Cl)c(Cl)c([C@H](c2cccs2)N2CCNCC2)c1. The van der Waals surface area contributed by atoms with Crippen molar-refractivity contribution in [2.45, 2.75) is 6.04 Å². The van der Waals surface area contributed by atoms with Gasteiger partial charge in [-0.3, -0.25) is 4.90 Å². The molecule has 1 aliphatic heterocycles. The molecule has 0 saturated carbocycles. The summed E-state index contributed by atoms with van der Waals surface area (Å²) in [4.78, 5) is 3.69. The Hall–Kier alpha value is 0.290. The lowest BCUT2D eigenvalue weighted by atomic mass is 10.0. The minimum Gasteiger partial charge on any atom is -0.314 e. The summed E-state index contributed by atoms with van der Waals surface area (Å²) in [6, 6.07) is 7.94. The van der Waals surface area contributed by atoms with Gasteiger partial charge in [-0.15, -0.1) is 36.2 Å². The quantitative estimate of drug-likeness (QED) is 0.638. The molecule has 0 spiro atoms. The van der Waals surface area contributed by atoms with Gasteiger partial charge in [0.05, 0.1) is 16.1 Å². The van der Waals surface area contributed by atoms with Gasteiger partial charge in [-0.05, 0) is 29.1 Å². The number of hydrogen-bond donors (Lipinski definition) is 1. The van der Waals surface area contributed by atoms with Gasteiger partial charge in [0.15, 0.2) is 0 Å². The van der Waals surface area contributed by atoms with Crippen LogP contribution in [0.5, 0.6) is 0 Å². The number of piperazine rings is 1. The van der Waals surface area contributed by atoms with Gasteiger partial charge in [0.2, 0.25) is 0 Å². The van der Waals surface area contributed by atoms with E-state index < -0.39 is 0 Å². The van der Waals surface area contributed by atoms with E-state index >= 15 is 0 Å². The lowest BCUT2D eigenvalue weighted by Gasteiger charge is -2.35. The van der Waals surface area contributed by atoms with Crippen molar-refractivity contribution in [3.05, 3.63) is 55.2 Å². The maximum atomic E-state index is 6.47. The average molecular weight is 435 g/mol. The van der Waals surface area contributed by atoms with Gasteiger partial charge in [-0.25, -0.2) is 0 Å². The largest absolute Gasteiger partial charge is 0.314 e. The topological polar surface area (TPSA) is 15.3 Å². The summed E-state index contributed by atoms with van der Waals surface area (Å²) in [5, 5.41) is 7.20. The fraction of sp³-hybridized carbons (Fsp3) is 0.333. The summed E-state index contributed by atoms with van der Waals surface area (Å²) in [5.41, 5.74) is 0.985. The van der Waals surface area contributed by atoms with Crippen LogP contribution in [0.3, 0.4) is 0 Å². The van der Waals surface area contributed by atoms with Crippen molar-refractivity contribution in [3.63, 3.8) is 0 Å². The first-order valence-corrected chi connectivity index (χ1v) is 8.81. The molecule has 0 unspecified atom stereocenters. The van der Waals surface area contributed by atoms with Crippen LogP contribution in [0.25, 0.3) is 0 Å². The van der Waals surface area contributed by atoms with Crippen molar-refractivity contribution in [2.75, 3.05) is 26.2 Å². The predicted molar refractivity (Wildman–Crippen MR) is 107 cm³/mol. The Labute approximate surface area is 167 Å². The fourth-order valence-corrected chi connectivity index (χ4v) is 4.29. The van der Waals surface area contributed by atoms with E-state index in [-0.39, 0.29) is 30.9 Å². The van der Waals surface area contributed by atoms with Gasteiger partial charge in [0, 0.05) is 36.1 Å². The maximum absolute atomic E-state index is 6.47. The van der Waals surface area contributed by atoms with Crippen molar-refractivity contribution in [1.29, 1.82) is 0 Å². The first-order chi connectivity index (χ1) is 10.2. The van der Waals surface area contributed by atoms with Crippen LogP contribution in [0, 0.1) is 0 Å². The highest BCUT2D eigenvalue weighted by Gasteiger charge is 2.27. The first kappa shape index (κ1) is 21.3. The molecule has 0 radical (unpaired) electrons. The van der Waals surface area contributed by atoms with Crippen LogP contribution in [0.1, 0.15) is 16.5 Å². The zero-order valence-corrected chi connectivity index (χ0v) is 16.8. The molecule has 8 heteroatoms. The maximum Gasteiger partial charge on any atom is 0.0712 e. The molecule has 0 amide bonds. The summed E-state index contributed by atoms with van der Waals surface area (Å²) in [6.45, 7) is 3.91. The summed E-state index contributed by atoms with van der Waals surface area (Å²) in [7, 11) is 0. The molecule has 3 rings (SSSR count). The third-order valence-corrected chi connectivity index (χ3v) is 5.60. The van der Waals surface area contributed by atoms with E-state index in [1.807, 2.05) is 6.07 Å². The van der Waals surface area contributed by atoms with E-state index in [1.54, 1.807) is 17.4 Å². The molecule has 2 heterocycles. The normalized spacial score (nSPS) is 16.3. The van der Waals surface area contributed by atoms with Crippen LogP contribution in [0.4, 0.5) is 0 Å². The van der Waals surface area contributed by atoms with Crippen molar-refractivity contribution >= 4 is 71.0 Å². The number of thiophene rings is 1. The lowest BCUT2D eigenvalue weighted by molar-refractivity contribution is 0.201. The highest BCUT2D eigenvalue weighted by Crippen LogP contribution is 2.40. The summed E-state index contributed by atoms with van der Waals surface area (Å²) in [6.07, 6.45) is 0. The Morgan fingerprint density at radius 1 is 1.09 bits per heavy atom. The van der Waals surface area contributed by atoms with E-state index in [9.17, 15) is 0 Å². The van der Waals surface area contributed by atoms with Gasteiger partial charge in [0.25, 0.3) is 0 Å². The molecule has 1 N–H and O–H groups in total. The highest BCUT2D eigenvalue weighted by atomic mass is 35.5. The zero-order valence-electron chi connectivity index (χ0n) is 12.1. The van der Waals surface area contributed by atoms with Crippen molar-refractivity contribution in [2.24, 2.45) is 0 Å². The van der Waals surface area contributed by atoms with Crippen molar-refractivity contribution < 1.29 is 0 Å². The molecule has 0 bridgehead atoms. The molecule has 1 aliphatic rings. The lowest BCUT2D eigenvalue weighted by Crippen LogP contribution is -2.45. The van der Waals surface area contributed by atoms with Gasteiger partial charge >= 0.3 is 0 Å². The highest BCUT2D eigenvalue weighted by molar-refractivity contribution is 7.10. The molecule has 1 aromatic heterocycles. The molecule has 1 fully saturated rings. The smallest absolute Gasteiger partial charge is 0.0712 e. The molecular weight excluding hydrogens is 418 g/mol. The second-order valence-corrected chi connectivity index (χ2v) is 7.20. The monoisotopic (exact) mass is 432 g/mol. The number of rotatable bonds is 3. The second kappa shape index (κ2) is 9.69. The van der Waals surface area contributed by atoms with Gasteiger partial charge in [-0.1, -0.05) is 40.9 Å². The molecule has 1 aromatic carbocycles. The van der Waals surface area contributed by atoms with Crippen LogP contribution in [0.2, 0.25) is 15.1 Å². The van der Waals surface area contributed by atoms with Gasteiger partial charge in [0.1, 0.15) is 0 Å². The molecule has 2 nitrogen and oxygen atoms in total. The molecule has 128 valence electrons. The van der Waals surface area contributed by atoms with E-state index in [2.05, 4.69) is 27.7 Å². The molecule has 0 aliphatic carbocycles. The molecular formula is C15H17Cl5N2S. The Balaban J connectivity index is 0.00000132. The Kier molecular flexibility index (Phi) is 8.99. The van der Waals surface area contributed by atoms with Gasteiger partial charge in [-0.2, -0.15) is 0 Å². The number of benzene rings is 1. The molecule has 2 aromatic rings. The summed E-state index contributed by atoms with van der Waals surface area (Å²) in [5.74, 6) is 0. The first-order valence-electron chi connectivity index (χ1n) is 6.79. The standard InChI is InChI=1S/C15H15Cl3N2S.2ClH/c16-10-8-11(14(18)12(17)9-10)15(13-2-1-7-21-13)20-5-3-19-4-6-20;;/h1-2,7-9,15,19H,3-6H2;2*1H/t15-;;/m1../s1. The number of nitrogens with one attached hydrogen (secondary N) is 1. The zero-order chi connectivity index (χ0) is 14.8. The summed E-state index contributed by atoms with van der Waals surface area (Å²) >= 11 is 20.6. The van der Waals surface area contributed by atoms with E-state index in [0.29, 0.717) is 15.1 Å². The third-order valence-electron chi connectivity index (χ3n) is 3.65. The number of nitrogens with zero attached hydrogens (tertiary/aromatic N) is 1. The fourth-order valence-electron chi connectivity index (χ4n) is 2.69. The molecule has 1 saturated heterocycles. The van der Waals surface area contributed by atoms with Crippen molar-refractivity contribution in [1.82, 2.24) is 10.2 Å². The number of hydrogen-bond acceptors (Lipinski definition) is 3. The van der Waals surface area contributed by atoms with Crippen LogP contribution in [0.15, 0.2) is 29.6 Å². The van der Waals surface area contributed by atoms with Gasteiger partial charge < -0.3 is 5.32 Å². The Bertz CT molecular complexity index is 615. The van der Waals surface area contributed by atoms with Crippen LogP contribution >= 0.6 is 71.0 Å². The molecule has 1 atom stereocenters.